The van der Waals surface area contributed by atoms with Crippen molar-refractivity contribution in [2.75, 3.05) is 18.4 Å². The van der Waals surface area contributed by atoms with Gasteiger partial charge in [-0.3, -0.25) is 4.90 Å². The van der Waals surface area contributed by atoms with Crippen molar-refractivity contribution >= 4 is 11.7 Å². The van der Waals surface area contributed by atoms with Crippen LogP contribution in [0.3, 0.4) is 0 Å². The van der Waals surface area contributed by atoms with Gasteiger partial charge in [0.2, 0.25) is 0 Å². The Hall–Kier alpha value is -2.61. The van der Waals surface area contributed by atoms with E-state index in [4.69, 9.17) is 0 Å². The number of likely N-dealkylation sites (tertiary alicyclic amines) is 1. The largest absolute Gasteiger partial charge is 0.419 e. The van der Waals surface area contributed by atoms with E-state index in [-0.39, 0.29) is 6.04 Å². The second kappa shape index (κ2) is 8.60. The van der Waals surface area contributed by atoms with Crippen molar-refractivity contribution in [2.24, 2.45) is 0 Å². The van der Waals surface area contributed by atoms with E-state index in [9.17, 15) is 22.4 Å². The van der Waals surface area contributed by atoms with E-state index in [1.165, 1.54) is 5.56 Å². The van der Waals surface area contributed by atoms with Crippen LogP contribution in [0.25, 0.3) is 0 Å². The molecule has 1 heterocycles. The lowest BCUT2D eigenvalue weighted by Gasteiger charge is -2.33. The van der Waals surface area contributed by atoms with Gasteiger partial charge in [-0.15, -0.1) is 0 Å². The van der Waals surface area contributed by atoms with Crippen LogP contribution in [0.5, 0.6) is 0 Å². The van der Waals surface area contributed by atoms with Crippen molar-refractivity contribution in [1.29, 1.82) is 0 Å². The van der Waals surface area contributed by atoms with Crippen molar-refractivity contribution < 1.29 is 22.4 Å². The topological polar surface area (TPSA) is 44.4 Å². The summed E-state index contributed by atoms with van der Waals surface area (Å²) >= 11 is 0. The summed E-state index contributed by atoms with van der Waals surface area (Å²) in [5, 5.41) is 4.92. The number of nitrogens with one attached hydrogen (secondary N) is 2. The van der Waals surface area contributed by atoms with Gasteiger partial charge in [-0.2, -0.15) is 13.2 Å². The van der Waals surface area contributed by atoms with E-state index >= 15 is 0 Å². The van der Waals surface area contributed by atoms with Gasteiger partial charge in [-0.1, -0.05) is 36.4 Å². The molecule has 1 saturated heterocycles. The molecule has 0 radical (unpaired) electrons. The SMILES string of the molecule is O=C(Nc1cccc(C(F)(F)F)c1F)N[C@@H]1CCCN(Cc2ccccc2)C1. The van der Waals surface area contributed by atoms with Crippen LogP contribution in [-0.2, 0) is 12.7 Å². The van der Waals surface area contributed by atoms with Gasteiger partial charge in [0.05, 0.1) is 11.3 Å². The van der Waals surface area contributed by atoms with Crippen LogP contribution in [0.4, 0.5) is 28.0 Å². The molecule has 150 valence electrons. The summed E-state index contributed by atoms with van der Waals surface area (Å²) in [6.45, 7) is 2.27. The molecule has 2 aromatic rings. The average Bonchev–Trinajstić information content (AvgIpc) is 2.63. The number of anilines is 1. The zero-order valence-electron chi connectivity index (χ0n) is 15.1. The smallest absolute Gasteiger partial charge is 0.334 e. The Morgan fingerprint density at radius 1 is 1.11 bits per heavy atom. The van der Waals surface area contributed by atoms with E-state index in [0.717, 1.165) is 38.1 Å². The summed E-state index contributed by atoms with van der Waals surface area (Å²) in [6.07, 6.45) is -3.18. The summed E-state index contributed by atoms with van der Waals surface area (Å²) < 4.78 is 52.4. The number of hydrogen-bond acceptors (Lipinski definition) is 2. The van der Waals surface area contributed by atoms with Crippen LogP contribution >= 0.6 is 0 Å². The van der Waals surface area contributed by atoms with Gasteiger partial charge >= 0.3 is 12.2 Å². The van der Waals surface area contributed by atoms with E-state index in [2.05, 4.69) is 15.5 Å². The van der Waals surface area contributed by atoms with Crippen molar-refractivity contribution in [3.63, 3.8) is 0 Å². The fourth-order valence-corrected chi connectivity index (χ4v) is 3.35. The molecule has 1 aliphatic heterocycles. The molecule has 2 N–H and O–H groups in total. The first-order valence-corrected chi connectivity index (χ1v) is 9.02. The molecule has 1 fully saturated rings. The lowest BCUT2D eigenvalue weighted by atomic mass is 10.0. The normalized spacial score (nSPS) is 17.9. The molecular weight excluding hydrogens is 374 g/mol. The second-order valence-electron chi connectivity index (χ2n) is 6.82. The van der Waals surface area contributed by atoms with Crippen molar-refractivity contribution in [1.82, 2.24) is 10.2 Å². The fraction of sp³-hybridized carbons (Fsp3) is 0.350. The number of nitrogens with zero attached hydrogens (tertiary/aromatic N) is 1. The predicted molar refractivity (Wildman–Crippen MR) is 98.3 cm³/mol. The number of piperidine rings is 1. The van der Waals surface area contributed by atoms with Gasteiger partial charge in [-0.05, 0) is 37.1 Å². The number of urea groups is 1. The Kier molecular flexibility index (Phi) is 6.18. The minimum atomic E-state index is -4.82. The van der Waals surface area contributed by atoms with Crippen LogP contribution in [0.15, 0.2) is 48.5 Å². The quantitative estimate of drug-likeness (QED) is 0.742. The molecule has 3 rings (SSSR count). The Morgan fingerprint density at radius 3 is 2.57 bits per heavy atom. The number of rotatable bonds is 4. The number of carbonyl (C=O) groups is 1. The third-order valence-electron chi connectivity index (χ3n) is 4.64. The highest BCUT2D eigenvalue weighted by molar-refractivity contribution is 5.89. The zero-order valence-corrected chi connectivity index (χ0v) is 15.1. The molecule has 1 aliphatic rings. The Balaban J connectivity index is 1.58. The first-order chi connectivity index (χ1) is 13.3. The number of hydrogen-bond donors (Lipinski definition) is 2. The number of carbonyl (C=O) groups excluding carboxylic acids is 1. The molecule has 0 saturated carbocycles. The third-order valence-corrected chi connectivity index (χ3v) is 4.64. The second-order valence-corrected chi connectivity index (χ2v) is 6.82. The van der Waals surface area contributed by atoms with Crippen LogP contribution in [0, 0.1) is 5.82 Å². The zero-order chi connectivity index (χ0) is 20.1. The van der Waals surface area contributed by atoms with Gasteiger partial charge in [-0.25, -0.2) is 9.18 Å². The van der Waals surface area contributed by atoms with Gasteiger partial charge in [0.25, 0.3) is 0 Å². The third kappa shape index (κ3) is 5.22. The molecule has 0 spiro atoms. The number of halogens is 4. The number of amides is 2. The van der Waals surface area contributed by atoms with E-state index in [1.807, 2.05) is 30.3 Å². The minimum absolute atomic E-state index is 0.161. The van der Waals surface area contributed by atoms with Crippen LogP contribution in [0.1, 0.15) is 24.0 Å². The van der Waals surface area contributed by atoms with Gasteiger partial charge in [0, 0.05) is 19.1 Å². The van der Waals surface area contributed by atoms with Crippen molar-refractivity contribution in [3.05, 3.63) is 65.5 Å². The first kappa shape index (κ1) is 20.1. The van der Waals surface area contributed by atoms with E-state index in [1.54, 1.807) is 0 Å². The lowest BCUT2D eigenvalue weighted by Crippen LogP contribution is -2.48. The summed E-state index contributed by atoms with van der Waals surface area (Å²) in [5.74, 6) is -1.49. The van der Waals surface area contributed by atoms with Gasteiger partial charge in [0.1, 0.15) is 0 Å². The highest BCUT2D eigenvalue weighted by Crippen LogP contribution is 2.33. The van der Waals surface area contributed by atoms with Crippen LogP contribution < -0.4 is 10.6 Å². The summed E-state index contributed by atoms with van der Waals surface area (Å²) in [7, 11) is 0. The van der Waals surface area contributed by atoms with Crippen LogP contribution in [-0.4, -0.2) is 30.1 Å². The average molecular weight is 395 g/mol. The van der Waals surface area contributed by atoms with E-state index < -0.39 is 29.3 Å². The maximum Gasteiger partial charge on any atom is 0.419 e. The first-order valence-electron chi connectivity index (χ1n) is 9.02. The molecule has 1 atom stereocenters. The highest BCUT2D eigenvalue weighted by Gasteiger charge is 2.35. The monoisotopic (exact) mass is 395 g/mol. The molecule has 0 aromatic heterocycles. The Bertz CT molecular complexity index is 811. The predicted octanol–water partition coefficient (Wildman–Crippen LogP) is 4.63. The fourth-order valence-electron chi connectivity index (χ4n) is 3.35. The standard InChI is InChI=1S/C20H21F4N3O/c21-18-16(20(22,23)24)9-4-10-17(18)26-19(28)25-15-8-5-11-27(13-15)12-14-6-2-1-3-7-14/h1-4,6-7,9-10,15H,5,8,11-13H2,(H2,25,26,28)/t15-/m1/s1. The molecule has 0 aliphatic carbocycles. The molecule has 28 heavy (non-hydrogen) atoms. The Morgan fingerprint density at radius 2 is 1.86 bits per heavy atom. The minimum Gasteiger partial charge on any atom is -0.334 e. The maximum atomic E-state index is 14.0. The summed E-state index contributed by atoms with van der Waals surface area (Å²) in [6, 6.07) is 11.9. The molecule has 2 amide bonds. The molecule has 8 heteroatoms. The van der Waals surface area contributed by atoms with Gasteiger partial charge in [0.15, 0.2) is 5.82 Å². The number of benzene rings is 2. The summed E-state index contributed by atoms with van der Waals surface area (Å²) in [5.41, 5.74) is -0.736. The number of alkyl halides is 3. The molecule has 4 nitrogen and oxygen atoms in total. The lowest BCUT2D eigenvalue weighted by molar-refractivity contribution is -0.139. The van der Waals surface area contributed by atoms with Gasteiger partial charge < -0.3 is 10.6 Å². The maximum absolute atomic E-state index is 14.0. The van der Waals surface area contributed by atoms with Crippen LogP contribution in [0.2, 0.25) is 0 Å². The molecule has 0 unspecified atom stereocenters. The summed E-state index contributed by atoms with van der Waals surface area (Å²) in [4.78, 5) is 14.4. The molecule has 0 bridgehead atoms. The molecule has 2 aromatic carbocycles. The molecular formula is C20H21F4N3O. The van der Waals surface area contributed by atoms with Crippen molar-refractivity contribution in [2.45, 2.75) is 31.6 Å². The Labute approximate surface area is 160 Å². The van der Waals surface area contributed by atoms with Crippen molar-refractivity contribution in [3.8, 4) is 0 Å². The highest BCUT2D eigenvalue weighted by atomic mass is 19.4. The van der Waals surface area contributed by atoms with E-state index in [0.29, 0.717) is 12.6 Å².